The number of allylic oxidation sites excluding steroid dienone is 1. The summed E-state index contributed by atoms with van der Waals surface area (Å²) in [6.07, 6.45) is 7.22. The van der Waals surface area contributed by atoms with Gasteiger partial charge in [0.1, 0.15) is 0 Å². The van der Waals surface area contributed by atoms with E-state index >= 15 is 8.78 Å². The number of hydrogen-bond donors (Lipinski definition) is 1. The summed E-state index contributed by atoms with van der Waals surface area (Å²) in [5.74, 6) is -3.67. The van der Waals surface area contributed by atoms with Crippen molar-refractivity contribution in [3.8, 4) is 16.9 Å². The topological polar surface area (TPSA) is 29.5 Å². The lowest BCUT2D eigenvalue weighted by atomic mass is 9.78. The molecule has 0 heterocycles. The Morgan fingerprint density at radius 3 is 2.21 bits per heavy atom. The molecule has 1 aliphatic rings. The predicted molar refractivity (Wildman–Crippen MR) is 143 cm³/mol. The summed E-state index contributed by atoms with van der Waals surface area (Å²) in [5.41, 5.74) is 2.05. The number of aliphatic hydroxyl groups excluding tert-OH is 1. The van der Waals surface area contributed by atoms with Gasteiger partial charge in [-0.1, -0.05) is 61.9 Å². The molecule has 1 aliphatic carbocycles. The van der Waals surface area contributed by atoms with Crippen LogP contribution in [-0.4, -0.2) is 11.7 Å². The van der Waals surface area contributed by atoms with Gasteiger partial charge in [0, 0.05) is 11.1 Å². The van der Waals surface area contributed by atoms with Crippen LogP contribution in [0.25, 0.3) is 17.2 Å². The van der Waals surface area contributed by atoms with Crippen LogP contribution in [0, 0.1) is 29.2 Å². The summed E-state index contributed by atoms with van der Waals surface area (Å²) < 4.78 is 63.8. The van der Waals surface area contributed by atoms with Crippen LogP contribution in [0.5, 0.6) is 5.75 Å². The molecular formula is C32H34F4O2. The minimum atomic E-state index is -0.997. The lowest BCUT2D eigenvalue weighted by molar-refractivity contribution is 0.166. The van der Waals surface area contributed by atoms with Gasteiger partial charge in [0.05, 0.1) is 12.7 Å². The minimum absolute atomic E-state index is 0.102. The van der Waals surface area contributed by atoms with Gasteiger partial charge in [-0.3, -0.25) is 0 Å². The molecular weight excluding hydrogens is 492 g/mol. The highest BCUT2D eigenvalue weighted by molar-refractivity contribution is 5.65. The van der Waals surface area contributed by atoms with Gasteiger partial charge in [0.15, 0.2) is 23.2 Å². The molecule has 0 radical (unpaired) electrons. The van der Waals surface area contributed by atoms with E-state index in [9.17, 15) is 13.9 Å². The van der Waals surface area contributed by atoms with Crippen molar-refractivity contribution in [1.82, 2.24) is 0 Å². The summed E-state index contributed by atoms with van der Waals surface area (Å²) in [4.78, 5) is 0. The summed E-state index contributed by atoms with van der Waals surface area (Å²) in [6.45, 7) is 3.95. The van der Waals surface area contributed by atoms with E-state index in [-0.39, 0.29) is 35.3 Å². The molecule has 0 aromatic heterocycles. The van der Waals surface area contributed by atoms with Crippen LogP contribution in [0.1, 0.15) is 81.1 Å². The molecule has 1 saturated carbocycles. The van der Waals surface area contributed by atoms with Crippen molar-refractivity contribution in [3.05, 3.63) is 94.6 Å². The lowest BCUT2D eigenvalue weighted by Crippen LogP contribution is -2.13. The maximum atomic E-state index is 15.2. The molecule has 0 aliphatic heterocycles. The van der Waals surface area contributed by atoms with Gasteiger partial charge < -0.3 is 9.84 Å². The first kappa shape index (κ1) is 27.9. The SMILES string of the molecule is CCCC(O)c1ccc(-c2ccc(C3CCC(/C=C/c4ccc(OCC)c(F)c4F)CC3)c(F)c2F)cc1. The normalized spacial score (nSPS) is 18.6. The Balaban J connectivity index is 1.41. The second kappa shape index (κ2) is 12.6. The first-order chi connectivity index (χ1) is 18.3. The summed E-state index contributed by atoms with van der Waals surface area (Å²) >= 11 is 0. The third-order valence-electron chi connectivity index (χ3n) is 7.42. The first-order valence-electron chi connectivity index (χ1n) is 13.4. The number of benzene rings is 3. The van der Waals surface area contributed by atoms with E-state index in [0.717, 1.165) is 24.8 Å². The molecule has 0 spiro atoms. The Bertz CT molecular complexity index is 1260. The van der Waals surface area contributed by atoms with Gasteiger partial charge in [0.25, 0.3) is 0 Å². The Morgan fingerprint density at radius 1 is 0.842 bits per heavy atom. The Morgan fingerprint density at radius 2 is 1.55 bits per heavy atom. The number of aliphatic hydroxyl groups is 1. The van der Waals surface area contributed by atoms with Crippen molar-refractivity contribution in [2.45, 2.75) is 64.4 Å². The van der Waals surface area contributed by atoms with Crippen LogP contribution in [0.4, 0.5) is 17.6 Å². The maximum absolute atomic E-state index is 15.2. The standard InChI is InChI=1S/C32H34F4O2/c1-3-5-27(37)23-14-12-22(13-15-23)26-18-17-25(30(34)31(26)35)21-9-6-20(7-10-21)8-11-24-16-19-28(38-4-2)32(36)29(24)33/h8,11-21,27,37H,3-7,9-10H2,1-2H3/b11-8+. The fourth-order valence-corrected chi connectivity index (χ4v) is 5.23. The molecule has 1 unspecified atom stereocenters. The highest BCUT2D eigenvalue weighted by atomic mass is 19.2. The number of ether oxygens (including phenoxy) is 1. The highest BCUT2D eigenvalue weighted by Gasteiger charge is 2.26. The molecule has 3 aromatic rings. The van der Waals surface area contributed by atoms with Crippen molar-refractivity contribution in [3.63, 3.8) is 0 Å². The van der Waals surface area contributed by atoms with Gasteiger partial charge in [-0.05, 0) is 79.7 Å². The average Bonchev–Trinajstić information content (AvgIpc) is 2.93. The van der Waals surface area contributed by atoms with Crippen LogP contribution >= 0.6 is 0 Å². The lowest BCUT2D eigenvalue weighted by Gasteiger charge is -2.27. The zero-order chi connectivity index (χ0) is 27.2. The van der Waals surface area contributed by atoms with E-state index in [1.807, 2.05) is 13.0 Å². The van der Waals surface area contributed by atoms with E-state index in [1.165, 1.54) is 12.1 Å². The summed E-state index contributed by atoms with van der Waals surface area (Å²) in [7, 11) is 0. The quantitative estimate of drug-likeness (QED) is 0.282. The second-order valence-electron chi connectivity index (χ2n) is 9.94. The van der Waals surface area contributed by atoms with Crippen LogP contribution in [0.3, 0.4) is 0 Å². The zero-order valence-corrected chi connectivity index (χ0v) is 21.8. The van der Waals surface area contributed by atoms with Gasteiger partial charge in [-0.25, -0.2) is 13.2 Å². The molecule has 0 saturated heterocycles. The Hall–Kier alpha value is -3.12. The Kier molecular flexibility index (Phi) is 9.26. The number of halogens is 4. The van der Waals surface area contributed by atoms with Gasteiger partial charge in [0.2, 0.25) is 5.82 Å². The van der Waals surface area contributed by atoms with Gasteiger partial charge in [-0.15, -0.1) is 0 Å². The van der Waals surface area contributed by atoms with Crippen molar-refractivity contribution in [2.24, 2.45) is 5.92 Å². The first-order valence-corrected chi connectivity index (χ1v) is 13.4. The summed E-state index contributed by atoms with van der Waals surface area (Å²) in [5, 5.41) is 10.1. The molecule has 1 fully saturated rings. The third kappa shape index (κ3) is 6.12. The van der Waals surface area contributed by atoms with Crippen molar-refractivity contribution >= 4 is 6.08 Å². The fourth-order valence-electron chi connectivity index (χ4n) is 5.23. The number of hydrogen-bond acceptors (Lipinski definition) is 2. The molecule has 38 heavy (non-hydrogen) atoms. The van der Waals surface area contributed by atoms with E-state index in [2.05, 4.69) is 0 Å². The van der Waals surface area contributed by atoms with Crippen molar-refractivity contribution < 1.29 is 27.4 Å². The zero-order valence-electron chi connectivity index (χ0n) is 21.8. The second-order valence-corrected chi connectivity index (χ2v) is 9.94. The molecule has 4 rings (SSSR count). The summed E-state index contributed by atoms with van der Waals surface area (Å²) in [6, 6.07) is 13.1. The van der Waals surface area contributed by atoms with Crippen LogP contribution in [-0.2, 0) is 0 Å². The highest BCUT2D eigenvalue weighted by Crippen LogP contribution is 2.40. The monoisotopic (exact) mass is 526 g/mol. The molecule has 0 bridgehead atoms. The maximum Gasteiger partial charge on any atom is 0.201 e. The van der Waals surface area contributed by atoms with Crippen molar-refractivity contribution in [1.29, 1.82) is 0 Å². The molecule has 3 aromatic carbocycles. The third-order valence-corrected chi connectivity index (χ3v) is 7.42. The van der Waals surface area contributed by atoms with Gasteiger partial charge >= 0.3 is 0 Å². The van der Waals surface area contributed by atoms with E-state index in [1.54, 1.807) is 49.4 Å². The molecule has 6 heteroatoms. The minimum Gasteiger partial charge on any atom is -0.491 e. The largest absolute Gasteiger partial charge is 0.491 e. The Labute approximate surface area is 222 Å². The van der Waals surface area contributed by atoms with Crippen LogP contribution < -0.4 is 4.74 Å². The van der Waals surface area contributed by atoms with E-state index < -0.39 is 29.4 Å². The van der Waals surface area contributed by atoms with Gasteiger partial charge in [-0.2, -0.15) is 4.39 Å². The van der Waals surface area contributed by atoms with Crippen LogP contribution in [0.15, 0.2) is 54.6 Å². The van der Waals surface area contributed by atoms with Crippen LogP contribution in [0.2, 0.25) is 0 Å². The average molecular weight is 527 g/mol. The van der Waals surface area contributed by atoms with Crippen molar-refractivity contribution in [2.75, 3.05) is 6.61 Å². The van der Waals surface area contributed by atoms with E-state index in [0.29, 0.717) is 30.4 Å². The number of rotatable bonds is 9. The van der Waals surface area contributed by atoms with E-state index in [4.69, 9.17) is 4.74 Å². The molecule has 202 valence electrons. The molecule has 2 nitrogen and oxygen atoms in total. The molecule has 1 N–H and O–H groups in total. The fraction of sp³-hybridized carbons (Fsp3) is 0.375. The molecule has 1 atom stereocenters. The molecule has 0 amide bonds. The smallest absolute Gasteiger partial charge is 0.201 e. The predicted octanol–water partition coefficient (Wildman–Crippen LogP) is 9.13.